The summed E-state index contributed by atoms with van der Waals surface area (Å²) in [7, 11) is 0. The van der Waals surface area contributed by atoms with E-state index >= 15 is 0 Å². The fourth-order valence-electron chi connectivity index (χ4n) is 1.57. The standard InChI is InChI=1S/C13H12ClN3O2S/c1-7-9(4-3-5-10(7)14)12(18)16-13-15-11(6-20-13)8(2)17-19/h3-6,19H,1-2H3,(H,15,16,18)/b17-8-. The summed E-state index contributed by atoms with van der Waals surface area (Å²) in [5.41, 5.74) is 2.13. The third kappa shape index (κ3) is 2.97. The Morgan fingerprint density at radius 2 is 2.25 bits per heavy atom. The Labute approximate surface area is 124 Å². The monoisotopic (exact) mass is 309 g/mol. The molecule has 104 valence electrons. The van der Waals surface area contributed by atoms with Crippen LogP contribution in [0.1, 0.15) is 28.5 Å². The molecule has 0 bridgehead atoms. The first kappa shape index (κ1) is 14.5. The highest BCUT2D eigenvalue weighted by molar-refractivity contribution is 7.14. The van der Waals surface area contributed by atoms with Gasteiger partial charge in [0, 0.05) is 16.0 Å². The summed E-state index contributed by atoms with van der Waals surface area (Å²) in [5.74, 6) is -0.274. The first-order chi connectivity index (χ1) is 9.52. The molecule has 0 aliphatic rings. The van der Waals surface area contributed by atoms with Gasteiger partial charge < -0.3 is 5.21 Å². The molecule has 0 aliphatic carbocycles. The second-order valence-corrected chi connectivity index (χ2v) is 5.36. The quantitative estimate of drug-likeness (QED) is 0.517. The normalized spacial score (nSPS) is 11.4. The summed E-state index contributed by atoms with van der Waals surface area (Å²) < 4.78 is 0. The van der Waals surface area contributed by atoms with Gasteiger partial charge in [0.1, 0.15) is 11.4 Å². The molecular weight excluding hydrogens is 298 g/mol. The summed E-state index contributed by atoms with van der Waals surface area (Å²) >= 11 is 7.25. The smallest absolute Gasteiger partial charge is 0.257 e. The molecule has 5 nitrogen and oxygen atoms in total. The van der Waals surface area contributed by atoms with Gasteiger partial charge in [-0.3, -0.25) is 10.1 Å². The molecule has 0 saturated heterocycles. The summed E-state index contributed by atoms with van der Waals surface area (Å²) in [5, 5.41) is 17.1. The van der Waals surface area contributed by atoms with Crippen molar-refractivity contribution in [3.63, 3.8) is 0 Å². The van der Waals surface area contributed by atoms with Crippen molar-refractivity contribution in [2.24, 2.45) is 5.16 Å². The lowest BCUT2D eigenvalue weighted by atomic mass is 10.1. The zero-order valence-electron chi connectivity index (χ0n) is 10.8. The number of hydrogen-bond acceptors (Lipinski definition) is 5. The zero-order chi connectivity index (χ0) is 14.7. The number of rotatable bonds is 3. The van der Waals surface area contributed by atoms with Gasteiger partial charge in [-0.2, -0.15) is 0 Å². The van der Waals surface area contributed by atoms with Crippen LogP contribution in [-0.2, 0) is 0 Å². The van der Waals surface area contributed by atoms with Crippen molar-refractivity contribution in [2.45, 2.75) is 13.8 Å². The van der Waals surface area contributed by atoms with Gasteiger partial charge in [-0.05, 0) is 31.5 Å². The molecule has 0 fully saturated rings. The number of oxime groups is 1. The molecule has 0 atom stereocenters. The minimum absolute atomic E-state index is 0.274. The van der Waals surface area contributed by atoms with Crippen molar-refractivity contribution in [3.8, 4) is 0 Å². The Hall–Kier alpha value is -1.92. The molecule has 2 aromatic rings. The van der Waals surface area contributed by atoms with E-state index in [1.54, 1.807) is 37.4 Å². The molecule has 2 rings (SSSR count). The van der Waals surface area contributed by atoms with Crippen molar-refractivity contribution < 1.29 is 10.0 Å². The Morgan fingerprint density at radius 3 is 2.95 bits per heavy atom. The van der Waals surface area contributed by atoms with Crippen LogP contribution in [0.15, 0.2) is 28.7 Å². The molecule has 0 spiro atoms. The van der Waals surface area contributed by atoms with Gasteiger partial charge in [0.15, 0.2) is 5.13 Å². The van der Waals surface area contributed by atoms with Crippen LogP contribution in [0.2, 0.25) is 5.02 Å². The average molecular weight is 310 g/mol. The number of carbonyl (C=O) groups excluding carboxylic acids is 1. The van der Waals surface area contributed by atoms with E-state index in [1.165, 1.54) is 11.3 Å². The predicted octanol–water partition coefficient (Wildman–Crippen LogP) is 3.56. The van der Waals surface area contributed by atoms with Crippen molar-refractivity contribution in [2.75, 3.05) is 5.32 Å². The zero-order valence-corrected chi connectivity index (χ0v) is 12.4. The number of amides is 1. The molecule has 1 aromatic heterocycles. The van der Waals surface area contributed by atoms with E-state index in [2.05, 4.69) is 15.5 Å². The number of anilines is 1. The number of carbonyl (C=O) groups is 1. The number of nitrogens with one attached hydrogen (secondary N) is 1. The van der Waals surface area contributed by atoms with Crippen molar-refractivity contribution in [1.29, 1.82) is 0 Å². The van der Waals surface area contributed by atoms with Gasteiger partial charge in [-0.25, -0.2) is 4.98 Å². The number of halogens is 1. The maximum Gasteiger partial charge on any atom is 0.257 e. The van der Waals surface area contributed by atoms with Gasteiger partial charge >= 0.3 is 0 Å². The molecule has 0 aliphatic heterocycles. The lowest BCUT2D eigenvalue weighted by Crippen LogP contribution is -2.13. The maximum absolute atomic E-state index is 12.2. The summed E-state index contributed by atoms with van der Waals surface area (Å²) in [6.45, 7) is 3.41. The second-order valence-electron chi connectivity index (χ2n) is 4.09. The van der Waals surface area contributed by atoms with Crippen molar-refractivity contribution in [3.05, 3.63) is 45.4 Å². The van der Waals surface area contributed by atoms with E-state index in [0.717, 1.165) is 5.56 Å². The van der Waals surface area contributed by atoms with E-state index in [0.29, 0.717) is 27.1 Å². The fraction of sp³-hybridized carbons (Fsp3) is 0.154. The first-order valence-corrected chi connectivity index (χ1v) is 6.99. The van der Waals surface area contributed by atoms with Crippen LogP contribution in [-0.4, -0.2) is 21.8 Å². The number of aromatic nitrogens is 1. The molecule has 1 aromatic carbocycles. The second kappa shape index (κ2) is 6.02. The summed E-state index contributed by atoms with van der Waals surface area (Å²) in [6, 6.07) is 5.15. The number of hydrogen-bond donors (Lipinski definition) is 2. The van der Waals surface area contributed by atoms with Gasteiger partial charge in [-0.1, -0.05) is 22.8 Å². The fourth-order valence-corrected chi connectivity index (χ4v) is 2.49. The lowest BCUT2D eigenvalue weighted by Gasteiger charge is -2.06. The van der Waals surface area contributed by atoms with Gasteiger partial charge in [-0.15, -0.1) is 11.3 Å². The Kier molecular flexibility index (Phi) is 4.36. The third-order valence-corrected chi connectivity index (χ3v) is 3.92. The van der Waals surface area contributed by atoms with Crippen LogP contribution in [0.4, 0.5) is 5.13 Å². The van der Waals surface area contributed by atoms with Crippen LogP contribution < -0.4 is 5.32 Å². The minimum atomic E-state index is -0.274. The van der Waals surface area contributed by atoms with E-state index < -0.39 is 0 Å². The molecule has 2 N–H and O–H groups in total. The maximum atomic E-state index is 12.2. The summed E-state index contributed by atoms with van der Waals surface area (Å²) in [4.78, 5) is 16.3. The lowest BCUT2D eigenvalue weighted by molar-refractivity contribution is 0.102. The first-order valence-electron chi connectivity index (χ1n) is 5.74. The molecule has 1 amide bonds. The number of benzene rings is 1. The van der Waals surface area contributed by atoms with Crippen molar-refractivity contribution in [1.82, 2.24) is 4.98 Å². The van der Waals surface area contributed by atoms with Crippen LogP contribution >= 0.6 is 22.9 Å². The van der Waals surface area contributed by atoms with E-state index in [1.807, 2.05) is 0 Å². The van der Waals surface area contributed by atoms with Crippen LogP contribution in [0.3, 0.4) is 0 Å². The average Bonchev–Trinajstić information content (AvgIpc) is 2.89. The number of thiazole rings is 1. The highest BCUT2D eigenvalue weighted by Crippen LogP contribution is 2.21. The SMILES string of the molecule is C/C(=N/O)c1csc(NC(=O)c2cccc(Cl)c2C)n1. The Bertz CT molecular complexity index is 682. The Balaban J connectivity index is 2.20. The highest BCUT2D eigenvalue weighted by Gasteiger charge is 2.13. The van der Waals surface area contributed by atoms with E-state index in [-0.39, 0.29) is 5.91 Å². The van der Waals surface area contributed by atoms with Crippen LogP contribution in [0, 0.1) is 6.92 Å². The topological polar surface area (TPSA) is 74.6 Å². The predicted molar refractivity (Wildman–Crippen MR) is 80.3 cm³/mol. The van der Waals surface area contributed by atoms with Crippen LogP contribution in [0.5, 0.6) is 0 Å². The molecule has 0 saturated carbocycles. The van der Waals surface area contributed by atoms with E-state index in [4.69, 9.17) is 16.8 Å². The van der Waals surface area contributed by atoms with Gasteiger partial charge in [0.25, 0.3) is 5.91 Å². The molecule has 7 heteroatoms. The molecular formula is C13H12ClN3O2S. The molecule has 0 radical (unpaired) electrons. The molecule has 0 unspecified atom stereocenters. The van der Waals surface area contributed by atoms with Crippen molar-refractivity contribution >= 4 is 39.7 Å². The van der Waals surface area contributed by atoms with Gasteiger partial charge in [0.2, 0.25) is 0 Å². The largest absolute Gasteiger partial charge is 0.411 e. The summed E-state index contributed by atoms with van der Waals surface area (Å²) in [6.07, 6.45) is 0. The minimum Gasteiger partial charge on any atom is -0.411 e. The third-order valence-electron chi connectivity index (χ3n) is 2.76. The Morgan fingerprint density at radius 1 is 1.50 bits per heavy atom. The van der Waals surface area contributed by atoms with E-state index in [9.17, 15) is 4.79 Å². The molecule has 1 heterocycles. The number of nitrogens with zero attached hydrogens (tertiary/aromatic N) is 2. The van der Waals surface area contributed by atoms with Crippen LogP contribution in [0.25, 0.3) is 0 Å². The molecule has 20 heavy (non-hydrogen) atoms. The highest BCUT2D eigenvalue weighted by atomic mass is 35.5. The van der Waals surface area contributed by atoms with Gasteiger partial charge in [0.05, 0.1) is 0 Å².